The number of carbonyl (C=O) groups is 2. The number of methoxy groups -OCH3 is 1. The Balaban J connectivity index is 2.15. The standard InChI is InChI=1S/C16H23N3O3/c1-18(2)15(20)10-13-16(21)17-8-9-19(13)11-12-6-4-5-7-14(12)22-3/h4-7,13H,8-11H2,1-3H3,(H,17,21)/t13-/m1/s1. The van der Waals surface area contributed by atoms with Crippen molar-refractivity contribution in [3.63, 3.8) is 0 Å². The van der Waals surface area contributed by atoms with Crippen molar-refractivity contribution in [1.29, 1.82) is 0 Å². The van der Waals surface area contributed by atoms with Gasteiger partial charge in [-0.1, -0.05) is 18.2 Å². The minimum atomic E-state index is -0.437. The molecule has 0 unspecified atom stereocenters. The van der Waals surface area contributed by atoms with Gasteiger partial charge in [0.2, 0.25) is 11.8 Å². The van der Waals surface area contributed by atoms with Gasteiger partial charge in [0.25, 0.3) is 0 Å². The monoisotopic (exact) mass is 305 g/mol. The molecule has 120 valence electrons. The molecule has 2 amide bonds. The van der Waals surface area contributed by atoms with Gasteiger partial charge >= 0.3 is 0 Å². The van der Waals surface area contributed by atoms with Crippen LogP contribution in [0.25, 0.3) is 0 Å². The average Bonchev–Trinajstić information content (AvgIpc) is 2.51. The maximum Gasteiger partial charge on any atom is 0.237 e. The van der Waals surface area contributed by atoms with Crippen LogP contribution in [0.5, 0.6) is 5.75 Å². The zero-order valence-electron chi connectivity index (χ0n) is 13.3. The van der Waals surface area contributed by atoms with Crippen LogP contribution in [0.15, 0.2) is 24.3 Å². The molecule has 1 atom stereocenters. The number of benzene rings is 1. The Morgan fingerprint density at radius 1 is 1.41 bits per heavy atom. The average molecular weight is 305 g/mol. The number of hydrogen-bond acceptors (Lipinski definition) is 4. The van der Waals surface area contributed by atoms with Gasteiger partial charge in [-0.2, -0.15) is 0 Å². The van der Waals surface area contributed by atoms with Crippen LogP contribution in [-0.4, -0.2) is 62.0 Å². The molecule has 1 saturated heterocycles. The van der Waals surface area contributed by atoms with Gasteiger partial charge in [0.1, 0.15) is 5.75 Å². The Labute approximate surface area is 131 Å². The molecule has 1 N–H and O–H groups in total. The first-order valence-corrected chi connectivity index (χ1v) is 7.36. The molecule has 0 spiro atoms. The van der Waals surface area contributed by atoms with Gasteiger partial charge in [0.05, 0.1) is 19.6 Å². The van der Waals surface area contributed by atoms with Gasteiger partial charge in [-0.15, -0.1) is 0 Å². The summed E-state index contributed by atoms with van der Waals surface area (Å²) in [6, 6.07) is 7.31. The second kappa shape index (κ2) is 7.26. The summed E-state index contributed by atoms with van der Waals surface area (Å²) in [4.78, 5) is 27.7. The summed E-state index contributed by atoms with van der Waals surface area (Å²) in [5.74, 6) is 0.662. The molecule has 0 aromatic heterocycles. The van der Waals surface area contributed by atoms with Gasteiger partial charge in [0, 0.05) is 39.3 Å². The Bertz CT molecular complexity index is 545. The van der Waals surface area contributed by atoms with Gasteiger partial charge in [-0.25, -0.2) is 0 Å². The Morgan fingerprint density at radius 3 is 2.82 bits per heavy atom. The Hall–Kier alpha value is -2.08. The summed E-state index contributed by atoms with van der Waals surface area (Å²) in [5.41, 5.74) is 1.02. The van der Waals surface area contributed by atoms with Crippen molar-refractivity contribution in [3.8, 4) is 5.75 Å². The molecule has 0 bridgehead atoms. The summed E-state index contributed by atoms with van der Waals surface area (Å²) in [7, 11) is 5.04. The third kappa shape index (κ3) is 3.76. The Morgan fingerprint density at radius 2 is 2.14 bits per heavy atom. The van der Waals surface area contributed by atoms with Crippen molar-refractivity contribution in [2.24, 2.45) is 0 Å². The first-order chi connectivity index (χ1) is 10.5. The normalized spacial score (nSPS) is 18.7. The molecule has 6 heteroatoms. The maximum atomic E-state index is 12.2. The van der Waals surface area contributed by atoms with E-state index >= 15 is 0 Å². The van der Waals surface area contributed by atoms with E-state index in [0.29, 0.717) is 13.1 Å². The molecule has 1 aromatic carbocycles. The predicted octanol–water partition coefficient (Wildman–Crippen LogP) is 0.474. The molecule has 6 nitrogen and oxygen atoms in total. The van der Waals surface area contributed by atoms with Crippen molar-refractivity contribution < 1.29 is 14.3 Å². The van der Waals surface area contributed by atoms with E-state index in [-0.39, 0.29) is 18.2 Å². The minimum Gasteiger partial charge on any atom is -0.496 e. The smallest absolute Gasteiger partial charge is 0.237 e. The number of nitrogens with one attached hydrogen (secondary N) is 1. The number of amides is 2. The van der Waals surface area contributed by atoms with Gasteiger partial charge in [0.15, 0.2) is 0 Å². The van der Waals surface area contributed by atoms with Gasteiger partial charge in [-0.3, -0.25) is 14.5 Å². The molecule has 1 heterocycles. The van der Waals surface area contributed by atoms with Crippen molar-refractivity contribution in [2.45, 2.75) is 19.0 Å². The number of ether oxygens (including phenoxy) is 1. The highest BCUT2D eigenvalue weighted by molar-refractivity contribution is 5.88. The molecular formula is C16H23N3O3. The lowest BCUT2D eigenvalue weighted by atomic mass is 10.1. The highest BCUT2D eigenvalue weighted by atomic mass is 16.5. The Kier molecular flexibility index (Phi) is 5.38. The fourth-order valence-corrected chi connectivity index (χ4v) is 2.57. The van der Waals surface area contributed by atoms with Crippen LogP contribution in [0.1, 0.15) is 12.0 Å². The lowest BCUT2D eigenvalue weighted by molar-refractivity contribution is -0.137. The number of nitrogens with zero attached hydrogens (tertiary/aromatic N) is 2. The summed E-state index contributed by atoms with van der Waals surface area (Å²) >= 11 is 0. The van der Waals surface area contributed by atoms with E-state index in [2.05, 4.69) is 5.32 Å². The fraction of sp³-hybridized carbons (Fsp3) is 0.500. The van der Waals surface area contributed by atoms with E-state index < -0.39 is 6.04 Å². The molecule has 1 fully saturated rings. The summed E-state index contributed by atoms with van der Waals surface area (Å²) < 4.78 is 5.37. The molecule has 1 aliphatic heterocycles. The van der Waals surface area contributed by atoms with Crippen molar-refractivity contribution >= 4 is 11.8 Å². The number of rotatable bonds is 5. The molecule has 0 saturated carbocycles. The molecule has 0 radical (unpaired) electrons. The van der Waals surface area contributed by atoms with E-state index in [4.69, 9.17) is 4.74 Å². The number of piperazine rings is 1. The van der Waals surface area contributed by atoms with Crippen LogP contribution in [0.4, 0.5) is 0 Å². The lowest BCUT2D eigenvalue weighted by Gasteiger charge is -2.35. The summed E-state index contributed by atoms with van der Waals surface area (Å²) in [6.45, 7) is 1.90. The highest BCUT2D eigenvalue weighted by Crippen LogP contribution is 2.22. The molecule has 2 rings (SSSR count). The van der Waals surface area contributed by atoms with E-state index in [9.17, 15) is 9.59 Å². The third-order valence-corrected chi connectivity index (χ3v) is 3.87. The third-order valence-electron chi connectivity index (χ3n) is 3.87. The molecule has 0 aliphatic carbocycles. The highest BCUT2D eigenvalue weighted by Gasteiger charge is 2.32. The second-order valence-corrected chi connectivity index (χ2v) is 5.58. The summed E-state index contributed by atoms with van der Waals surface area (Å²) in [5, 5.41) is 2.84. The fourth-order valence-electron chi connectivity index (χ4n) is 2.57. The minimum absolute atomic E-state index is 0.0490. The number of carbonyl (C=O) groups excluding carboxylic acids is 2. The van der Waals surface area contributed by atoms with E-state index in [1.165, 1.54) is 4.90 Å². The molecule has 22 heavy (non-hydrogen) atoms. The van der Waals surface area contributed by atoms with Crippen molar-refractivity contribution in [3.05, 3.63) is 29.8 Å². The summed E-state index contributed by atoms with van der Waals surface area (Å²) in [6.07, 6.45) is 0.188. The van der Waals surface area contributed by atoms with Crippen LogP contribution in [-0.2, 0) is 16.1 Å². The lowest BCUT2D eigenvalue weighted by Crippen LogP contribution is -2.56. The topological polar surface area (TPSA) is 61.9 Å². The molecular weight excluding hydrogens is 282 g/mol. The first-order valence-electron chi connectivity index (χ1n) is 7.36. The maximum absolute atomic E-state index is 12.2. The SMILES string of the molecule is COc1ccccc1CN1CCNC(=O)[C@H]1CC(=O)N(C)C. The van der Waals surface area contributed by atoms with Crippen LogP contribution in [0, 0.1) is 0 Å². The zero-order chi connectivity index (χ0) is 16.1. The number of hydrogen-bond donors (Lipinski definition) is 1. The van der Waals surface area contributed by atoms with E-state index in [1.54, 1.807) is 21.2 Å². The second-order valence-electron chi connectivity index (χ2n) is 5.58. The molecule has 1 aliphatic rings. The van der Waals surface area contributed by atoms with Crippen LogP contribution < -0.4 is 10.1 Å². The van der Waals surface area contributed by atoms with Crippen LogP contribution >= 0.6 is 0 Å². The number of para-hydroxylation sites is 1. The zero-order valence-corrected chi connectivity index (χ0v) is 13.3. The quantitative estimate of drug-likeness (QED) is 0.859. The van der Waals surface area contributed by atoms with Crippen LogP contribution in [0.2, 0.25) is 0 Å². The largest absolute Gasteiger partial charge is 0.496 e. The predicted molar refractivity (Wildman–Crippen MR) is 83.5 cm³/mol. The van der Waals surface area contributed by atoms with Crippen molar-refractivity contribution in [1.82, 2.24) is 15.1 Å². The van der Waals surface area contributed by atoms with Gasteiger partial charge < -0.3 is 15.0 Å². The first kappa shape index (κ1) is 16.3. The molecule has 1 aromatic rings. The van der Waals surface area contributed by atoms with Gasteiger partial charge in [-0.05, 0) is 6.07 Å². The van der Waals surface area contributed by atoms with Crippen LogP contribution in [0.3, 0.4) is 0 Å². The van der Waals surface area contributed by atoms with Crippen molar-refractivity contribution in [2.75, 3.05) is 34.3 Å². The van der Waals surface area contributed by atoms with E-state index in [0.717, 1.165) is 17.9 Å². The van der Waals surface area contributed by atoms with E-state index in [1.807, 2.05) is 29.2 Å².